The number of nitro benzene ring substituents is 1. The van der Waals surface area contributed by atoms with Gasteiger partial charge in [-0.3, -0.25) is 19.5 Å². The van der Waals surface area contributed by atoms with E-state index in [1.54, 1.807) is 68.1 Å². The lowest BCUT2D eigenvalue weighted by molar-refractivity contribution is -0.385. The smallest absolute Gasteiger partial charge is 0.338 e. The van der Waals surface area contributed by atoms with Crippen LogP contribution in [0.4, 0.5) is 5.69 Å². The van der Waals surface area contributed by atoms with Crippen molar-refractivity contribution in [2.45, 2.75) is 26.8 Å². The second kappa shape index (κ2) is 14.1. The van der Waals surface area contributed by atoms with E-state index in [1.165, 1.54) is 23.8 Å². The van der Waals surface area contributed by atoms with Crippen molar-refractivity contribution in [1.29, 1.82) is 0 Å². The average molecular weight is 694 g/mol. The predicted octanol–water partition coefficient (Wildman–Crippen LogP) is 4.74. The minimum Gasteiger partial charge on any atom is -0.487 e. The highest BCUT2D eigenvalue weighted by Gasteiger charge is 2.33. The van der Waals surface area contributed by atoms with E-state index in [0.717, 1.165) is 17.0 Å². The van der Waals surface area contributed by atoms with Crippen LogP contribution in [0.5, 0.6) is 5.75 Å². The third-order valence-electron chi connectivity index (χ3n) is 7.94. The Morgan fingerprint density at radius 1 is 1.02 bits per heavy atom. The van der Waals surface area contributed by atoms with Gasteiger partial charge in [-0.05, 0) is 68.8 Å². The number of para-hydroxylation sites is 1. The second-order valence-electron chi connectivity index (χ2n) is 11.0. The molecular formula is C36H31N5O8S. The van der Waals surface area contributed by atoms with Crippen molar-refractivity contribution in [2.75, 3.05) is 20.3 Å². The number of ether oxygens (including phenoxy) is 3. The zero-order valence-corrected chi connectivity index (χ0v) is 28.3. The zero-order chi connectivity index (χ0) is 35.5. The van der Waals surface area contributed by atoms with Crippen LogP contribution in [0, 0.1) is 10.1 Å². The summed E-state index contributed by atoms with van der Waals surface area (Å²) in [6.07, 6.45) is 3.40. The number of fused-ring (bicyclic) bond motifs is 1. The molecule has 3 heterocycles. The monoisotopic (exact) mass is 693 g/mol. The molecule has 1 unspecified atom stereocenters. The molecule has 1 aliphatic heterocycles. The van der Waals surface area contributed by atoms with E-state index < -0.39 is 28.5 Å². The predicted molar refractivity (Wildman–Crippen MR) is 185 cm³/mol. The first kappa shape index (κ1) is 33.7. The Labute approximate surface area is 289 Å². The van der Waals surface area contributed by atoms with Crippen LogP contribution < -0.4 is 19.6 Å². The van der Waals surface area contributed by atoms with Crippen LogP contribution in [0.3, 0.4) is 0 Å². The maximum Gasteiger partial charge on any atom is 0.338 e. The van der Waals surface area contributed by atoms with Crippen LogP contribution in [0.2, 0.25) is 0 Å². The van der Waals surface area contributed by atoms with Gasteiger partial charge in [0.05, 0.1) is 58.3 Å². The van der Waals surface area contributed by atoms with E-state index in [-0.39, 0.29) is 34.8 Å². The summed E-state index contributed by atoms with van der Waals surface area (Å²) >= 11 is 1.13. The van der Waals surface area contributed by atoms with Gasteiger partial charge in [-0.1, -0.05) is 41.7 Å². The first-order chi connectivity index (χ1) is 24.1. The highest BCUT2D eigenvalue weighted by Crippen LogP contribution is 2.34. The molecule has 1 aliphatic rings. The van der Waals surface area contributed by atoms with Crippen molar-refractivity contribution in [3.63, 3.8) is 0 Å². The lowest BCUT2D eigenvalue weighted by atomic mass is 9.95. The maximum atomic E-state index is 14.3. The second-order valence-corrected chi connectivity index (χ2v) is 12.0. The molecule has 14 heteroatoms. The molecule has 0 spiro atoms. The van der Waals surface area contributed by atoms with Crippen LogP contribution in [-0.4, -0.2) is 51.5 Å². The summed E-state index contributed by atoms with van der Waals surface area (Å²) in [5.41, 5.74) is 2.88. The third-order valence-corrected chi connectivity index (χ3v) is 8.93. The van der Waals surface area contributed by atoms with Crippen molar-refractivity contribution in [2.24, 2.45) is 4.99 Å². The summed E-state index contributed by atoms with van der Waals surface area (Å²) in [5, 5.41) is 16.8. The number of benzene rings is 3. The first-order valence-corrected chi connectivity index (χ1v) is 16.4. The largest absolute Gasteiger partial charge is 0.487 e. The fourth-order valence-corrected chi connectivity index (χ4v) is 6.72. The Kier molecular flexibility index (Phi) is 9.54. The topological polar surface area (TPSA) is 157 Å². The molecule has 0 amide bonds. The zero-order valence-electron chi connectivity index (χ0n) is 27.5. The van der Waals surface area contributed by atoms with Crippen LogP contribution in [0.15, 0.2) is 100 Å². The summed E-state index contributed by atoms with van der Waals surface area (Å²) in [7, 11) is 1.28. The van der Waals surface area contributed by atoms with Gasteiger partial charge >= 0.3 is 17.6 Å². The number of rotatable bonds is 10. The molecule has 0 saturated heterocycles. The molecule has 254 valence electrons. The number of methoxy groups -OCH3 is 1. The molecule has 0 fully saturated rings. The maximum absolute atomic E-state index is 14.3. The van der Waals surface area contributed by atoms with E-state index >= 15 is 0 Å². The van der Waals surface area contributed by atoms with Crippen molar-refractivity contribution in [3.05, 3.63) is 137 Å². The number of hydrogen-bond donors (Lipinski definition) is 0. The molecule has 0 N–H and O–H groups in total. The van der Waals surface area contributed by atoms with Gasteiger partial charge in [0.25, 0.3) is 5.56 Å². The fourth-order valence-electron chi connectivity index (χ4n) is 5.68. The minimum absolute atomic E-state index is 0.117. The molecule has 0 bridgehead atoms. The Bertz CT molecular complexity index is 2340. The summed E-state index contributed by atoms with van der Waals surface area (Å²) < 4.78 is 19.1. The van der Waals surface area contributed by atoms with E-state index in [4.69, 9.17) is 19.3 Å². The molecule has 50 heavy (non-hydrogen) atoms. The number of carbonyl (C=O) groups is 2. The standard InChI is InChI=1S/C36H31N5O8S/c1-5-48-28-17-16-24(18-27(28)41(45)46)31-25(20-39(38-31)26-10-8-7-9-11-26)19-29-33(42)40-32(22-12-14-23(15-13-22)34(43)47-4)30(35(44)49-6-2)21(3)37-36(40)50-29/h7-20,32H,5-6H2,1-4H3. The Balaban J connectivity index is 1.55. The van der Waals surface area contributed by atoms with Gasteiger partial charge in [-0.2, -0.15) is 5.10 Å². The number of thiazole rings is 1. The quantitative estimate of drug-likeness (QED) is 0.114. The molecule has 1 atom stereocenters. The van der Waals surface area contributed by atoms with Crippen LogP contribution in [0.25, 0.3) is 23.0 Å². The molecular weight excluding hydrogens is 662 g/mol. The normalized spacial score (nSPS) is 14.2. The number of carbonyl (C=O) groups excluding carboxylic acids is 2. The molecule has 0 aliphatic carbocycles. The Morgan fingerprint density at radius 2 is 1.76 bits per heavy atom. The van der Waals surface area contributed by atoms with Gasteiger partial charge in [0.2, 0.25) is 0 Å². The number of nitro groups is 1. The molecule has 0 saturated carbocycles. The van der Waals surface area contributed by atoms with Crippen LogP contribution in [0.1, 0.15) is 48.3 Å². The van der Waals surface area contributed by atoms with Crippen molar-refractivity contribution in [3.8, 4) is 22.7 Å². The number of nitrogens with zero attached hydrogens (tertiary/aromatic N) is 5. The molecule has 2 aromatic heterocycles. The number of allylic oxidation sites excluding steroid dienone is 1. The van der Waals surface area contributed by atoms with E-state index in [1.807, 2.05) is 30.3 Å². The lowest BCUT2D eigenvalue weighted by Gasteiger charge is -2.24. The molecule has 6 rings (SSSR count). The van der Waals surface area contributed by atoms with Crippen molar-refractivity contribution in [1.82, 2.24) is 14.3 Å². The first-order valence-electron chi connectivity index (χ1n) is 15.6. The van der Waals surface area contributed by atoms with Crippen LogP contribution in [-0.2, 0) is 14.3 Å². The van der Waals surface area contributed by atoms with E-state index in [9.17, 15) is 24.5 Å². The summed E-state index contributed by atoms with van der Waals surface area (Å²) in [6.45, 7) is 5.48. The molecule has 5 aromatic rings. The third kappa shape index (κ3) is 6.35. The lowest BCUT2D eigenvalue weighted by Crippen LogP contribution is -2.40. The van der Waals surface area contributed by atoms with Crippen molar-refractivity contribution < 1.29 is 28.7 Å². The highest BCUT2D eigenvalue weighted by atomic mass is 32.1. The molecule has 3 aromatic carbocycles. The summed E-state index contributed by atoms with van der Waals surface area (Å²) in [5.74, 6) is -1.01. The van der Waals surface area contributed by atoms with Gasteiger partial charge in [0, 0.05) is 23.4 Å². The average Bonchev–Trinajstić information content (AvgIpc) is 3.68. The number of hydrogen-bond acceptors (Lipinski definition) is 11. The molecule has 0 radical (unpaired) electrons. The fraction of sp³-hybridized carbons (Fsp3) is 0.194. The van der Waals surface area contributed by atoms with Gasteiger partial charge in [-0.15, -0.1) is 0 Å². The molecule has 13 nitrogen and oxygen atoms in total. The van der Waals surface area contributed by atoms with Crippen molar-refractivity contribution >= 4 is 35.0 Å². The summed E-state index contributed by atoms with van der Waals surface area (Å²) in [6, 6.07) is 19.5. The SMILES string of the molecule is CCOC(=O)C1=C(C)N=c2sc(=Cc3cn(-c4ccccc4)nc3-c3ccc(OCC)c([N+](=O)[O-])c3)c(=O)n2C1c1ccc(C(=O)OC)cc1. The minimum atomic E-state index is -0.903. The summed E-state index contributed by atoms with van der Waals surface area (Å²) in [4.78, 5) is 56.2. The van der Waals surface area contributed by atoms with Gasteiger partial charge in [-0.25, -0.2) is 19.3 Å². The van der Waals surface area contributed by atoms with Crippen LogP contribution >= 0.6 is 11.3 Å². The highest BCUT2D eigenvalue weighted by molar-refractivity contribution is 7.07. The van der Waals surface area contributed by atoms with Gasteiger partial charge in [0.15, 0.2) is 10.6 Å². The Hall–Kier alpha value is -6.15. The van der Waals surface area contributed by atoms with Gasteiger partial charge < -0.3 is 14.2 Å². The Morgan fingerprint density at radius 3 is 2.42 bits per heavy atom. The van der Waals surface area contributed by atoms with Gasteiger partial charge in [0.1, 0.15) is 5.69 Å². The van der Waals surface area contributed by atoms with E-state index in [0.29, 0.717) is 38.4 Å². The number of aromatic nitrogens is 3. The number of esters is 2. The van der Waals surface area contributed by atoms with E-state index in [2.05, 4.69) is 4.99 Å².